The Bertz CT molecular complexity index is 426. The highest BCUT2D eigenvalue weighted by Gasteiger charge is 2.08. The molecule has 0 aliphatic heterocycles. The maximum absolute atomic E-state index is 11.0. The minimum atomic E-state index is -0.138. The molecule has 0 saturated carbocycles. The molecule has 1 aromatic rings. The van der Waals surface area contributed by atoms with Crippen molar-refractivity contribution >= 4 is 5.97 Å². The number of hydrogen-bond acceptors (Lipinski definition) is 3. The molecule has 0 fully saturated rings. The summed E-state index contributed by atoms with van der Waals surface area (Å²) < 4.78 is 4.62. The molecule has 1 rings (SSSR count). The van der Waals surface area contributed by atoms with Crippen LogP contribution in [0.1, 0.15) is 40.7 Å². The summed E-state index contributed by atoms with van der Waals surface area (Å²) in [4.78, 5) is 11.0. The number of rotatable bonds is 6. The van der Waals surface area contributed by atoms with E-state index < -0.39 is 0 Å². The molecule has 19 heavy (non-hydrogen) atoms. The van der Waals surface area contributed by atoms with Gasteiger partial charge < -0.3 is 10.1 Å². The molecule has 0 spiro atoms. The number of aryl methyl sites for hydroxylation is 2. The molecule has 0 amide bonds. The van der Waals surface area contributed by atoms with Gasteiger partial charge >= 0.3 is 5.97 Å². The van der Waals surface area contributed by atoms with E-state index in [1.54, 1.807) is 0 Å². The lowest BCUT2D eigenvalue weighted by atomic mass is 9.94. The Morgan fingerprint density at radius 3 is 2.26 bits per heavy atom. The Morgan fingerprint density at radius 2 is 1.74 bits per heavy atom. The molecule has 0 radical (unpaired) electrons. The summed E-state index contributed by atoms with van der Waals surface area (Å²) in [6, 6.07) is 2.24. The van der Waals surface area contributed by atoms with E-state index in [0.717, 1.165) is 19.5 Å². The van der Waals surface area contributed by atoms with E-state index in [4.69, 9.17) is 0 Å². The molecular formula is C16H25NO2. The fourth-order valence-electron chi connectivity index (χ4n) is 2.24. The minimum absolute atomic E-state index is 0.138. The lowest BCUT2D eigenvalue weighted by Crippen LogP contribution is -2.18. The van der Waals surface area contributed by atoms with Crippen LogP contribution >= 0.6 is 0 Å². The molecule has 0 unspecified atom stereocenters. The summed E-state index contributed by atoms with van der Waals surface area (Å²) in [7, 11) is 1.43. The fraction of sp³-hybridized carbons (Fsp3) is 0.562. The van der Waals surface area contributed by atoms with E-state index >= 15 is 0 Å². The molecule has 3 heteroatoms. The van der Waals surface area contributed by atoms with Crippen molar-refractivity contribution in [2.24, 2.45) is 0 Å². The normalized spacial score (nSPS) is 10.6. The predicted molar refractivity (Wildman–Crippen MR) is 78.3 cm³/mol. The summed E-state index contributed by atoms with van der Waals surface area (Å²) in [6.45, 7) is 10.4. The van der Waals surface area contributed by atoms with E-state index in [0.29, 0.717) is 6.42 Å². The van der Waals surface area contributed by atoms with Crippen LogP contribution in [0.25, 0.3) is 0 Å². The van der Waals surface area contributed by atoms with Crippen LogP contribution < -0.4 is 5.32 Å². The number of methoxy groups -OCH3 is 1. The first-order valence-corrected chi connectivity index (χ1v) is 6.81. The zero-order chi connectivity index (χ0) is 14.4. The van der Waals surface area contributed by atoms with Gasteiger partial charge in [-0.3, -0.25) is 4.79 Å². The van der Waals surface area contributed by atoms with Crippen molar-refractivity contribution in [3.8, 4) is 0 Å². The van der Waals surface area contributed by atoms with Crippen LogP contribution in [0.4, 0.5) is 0 Å². The summed E-state index contributed by atoms with van der Waals surface area (Å²) in [5, 5.41) is 3.41. The number of carbonyl (C=O) groups is 1. The Balaban J connectivity index is 2.52. The van der Waals surface area contributed by atoms with Gasteiger partial charge in [0.15, 0.2) is 0 Å². The average Bonchev–Trinajstić information content (AvgIpc) is 2.39. The topological polar surface area (TPSA) is 38.3 Å². The van der Waals surface area contributed by atoms with Crippen molar-refractivity contribution in [2.45, 2.75) is 47.1 Å². The van der Waals surface area contributed by atoms with Gasteiger partial charge in [0.1, 0.15) is 0 Å². The van der Waals surface area contributed by atoms with E-state index in [2.05, 4.69) is 43.8 Å². The quantitative estimate of drug-likeness (QED) is 0.633. The van der Waals surface area contributed by atoms with E-state index in [9.17, 15) is 4.79 Å². The van der Waals surface area contributed by atoms with Gasteiger partial charge in [0.25, 0.3) is 0 Å². The van der Waals surface area contributed by atoms with Gasteiger partial charge in [0.2, 0.25) is 0 Å². The molecule has 1 aromatic carbocycles. The van der Waals surface area contributed by atoms with Crippen LogP contribution in [0.15, 0.2) is 6.07 Å². The number of esters is 1. The summed E-state index contributed by atoms with van der Waals surface area (Å²) >= 11 is 0. The second-order valence-electron chi connectivity index (χ2n) is 5.10. The van der Waals surface area contributed by atoms with Gasteiger partial charge in [-0.1, -0.05) is 6.07 Å². The third-order valence-electron chi connectivity index (χ3n) is 3.79. The lowest BCUT2D eigenvalue weighted by Gasteiger charge is -2.15. The van der Waals surface area contributed by atoms with Crippen molar-refractivity contribution < 1.29 is 9.53 Å². The maximum Gasteiger partial charge on any atom is 0.305 e. The SMILES string of the molecule is COC(=O)CCCNCc1c(C)c(C)cc(C)c1C. The Morgan fingerprint density at radius 1 is 1.16 bits per heavy atom. The van der Waals surface area contributed by atoms with Crippen molar-refractivity contribution in [1.82, 2.24) is 5.32 Å². The predicted octanol–water partition coefficient (Wildman–Crippen LogP) is 2.96. The van der Waals surface area contributed by atoms with Crippen LogP contribution in [-0.4, -0.2) is 19.6 Å². The smallest absolute Gasteiger partial charge is 0.305 e. The largest absolute Gasteiger partial charge is 0.469 e. The average molecular weight is 263 g/mol. The molecule has 0 atom stereocenters. The maximum atomic E-state index is 11.0. The van der Waals surface area contributed by atoms with Gasteiger partial charge in [-0.2, -0.15) is 0 Å². The molecule has 106 valence electrons. The Labute approximate surface area is 116 Å². The van der Waals surface area contributed by atoms with Crippen LogP contribution in [0.5, 0.6) is 0 Å². The van der Waals surface area contributed by atoms with Crippen molar-refractivity contribution in [1.29, 1.82) is 0 Å². The molecule has 0 bridgehead atoms. The standard InChI is InChI=1S/C16H25NO2/c1-11-9-12(2)14(4)15(13(11)3)10-17-8-6-7-16(18)19-5/h9,17H,6-8,10H2,1-5H3. The second-order valence-corrected chi connectivity index (χ2v) is 5.10. The fourth-order valence-corrected chi connectivity index (χ4v) is 2.24. The number of hydrogen-bond donors (Lipinski definition) is 1. The first-order chi connectivity index (χ1) is 8.97. The number of carbonyl (C=O) groups excluding carboxylic acids is 1. The first-order valence-electron chi connectivity index (χ1n) is 6.81. The van der Waals surface area contributed by atoms with E-state index in [-0.39, 0.29) is 5.97 Å². The minimum Gasteiger partial charge on any atom is -0.469 e. The van der Waals surface area contributed by atoms with Gasteiger partial charge in [-0.15, -0.1) is 0 Å². The van der Waals surface area contributed by atoms with E-state index in [1.165, 1.54) is 34.9 Å². The van der Waals surface area contributed by atoms with Crippen molar-refractivity contribution in [3.63, 3.8) is 0 Å². The van der Waals surface area contributed by atoms with Crippen molar-refractivity contribution in [2.75, 3.05) is 13.7 Å². The van der Waals surface area contributed by atoms with Gasteiger partial charge in [-0.25, -0.2) is 0 Å². The third-order valence-corrected chi connectivity index (χ3v) is 3.79. The molecule has 0 saturated heterocycles. The summed E-state index contributed by atoms with van der Waals surface area (Å²) in [5.41, 5.74) is 6.80. The molecule has 1 N–H and O–H groups in total. The molecule has 0 aliphatic rings. The molecule has 0 heterocycles. The van der Waals surface area contributed by atoms with Crippen molar-refractivity contribution in [3.05, 3.63) is 33.9 Å². The van der Waals surface area contributed by atoms with Gasteiger partial charge in [-0.05, 0) is 68.5 Å². The Hall–Kier alpha value is -1.35. The zero-order valence-corrected chi connectivity index (χ0v) is 12.7. The highest BCUT2D eigenvalue weighted by Crippen LogP contribution is 2.21. The Kier molecular flexibility index (Phi) is 6.03. The molecule has 0 aliphatic carbocycles. The highest BCUT2D eigenvalue weighted by molar-refractivity contribution is 5.69. The van der Waals surface area contributed by atoms with Crippen LogP contribution in [0.2, 0.25) is 0 Å². The number of nitrogens with one attached hydrogen (secondary N) is 1. The summed E-state index contributed by atoms with van der Waals surface area (Å²) in [5.74, 6) is -0.138. The first kappa shape index (κ1) is 15.7. The van der Waals surface area contributed by atoms with Crippen LogP contribution in [0, 0.1) is 27.7 Å². The van der Waals surface area contributed by atoms with Crippen LogP contribution in [0.3, 0.4) is 0 Å². The lowest BCUT2D eigenvalue weighted by molar-refractivity contribution is -0.140. The number of benzene rings is 1. The monoisotopic (exact) mass is 263 g/mol. The van der Waals surface area contributed by atoms with E-state index in [1.807, 2.05) is 0 Å². The molecule has 0 aromatic heterocycles. The highest BCUT2D eigenvalue weighted by atomic mass is 16.5. The molecule has 3 nitrogen and oxygen atoms in total. The zero-order valence-electron chi connectivity index (χ0n) is 12.7. The summed E-state index contributed by atoms with van der Waals surface area (Å²) in [6.07, 6.45) is 1.30. The molecular weight excluding hydrogens is 238 g/mol. The van der Waals surface area contributed by atoms with Gasteiger partial charge in [0.05, 0.1) is 7.11 Å². The van der Waals surface area contributed by atoms with Gasteiger partial charge in [0, 0.05) is 13.0 Å². The second kappa shape index (κ2) is 7.29. The number of ether oxygens (including phenoxy) is 1. The third kappa shape index (κ3) is 4.35. The van der Waals surface area contributed by atoms with Crippen LogP contribution in [-0.2, 0) is 16.1 Å².